The van der Waals surface area contributed by atoms with E-state index in [1.165, 1.54) is 0 Å². The van der Waals surface area contributed by atoms with Gasteiger partial charge in [-0.05, 0) is 0 Å². The molecule has 2 aliphatic carbocycles. The molecule has 4 fully saturated rings. The first-order valence-corrected chi connectivity index (χ1v) is 11.5. The number of rotatable bonds is 5. The van der Waals surface area contributed by atoms with Gasteiger partial charge in [-0.25, -0.2) is 0 Å². The van der Waals surface area contributed by atoms with E-state index in [9.17, 15) is 23.1 Å². The van der Waals surface area contributed by atoms with Crippen molar-refractivity contribution in [3.63, 3.8) is 0 Å². The Morgan fingerprint density at radius 1 is 1.33 bits per heavy atom. The summed E-state index contributed by atoms with van der Waals surface area (Å²) in [6.45, 7) is 3.96. The van der Waals surface area contributed by atoms with Crippen LogP contribution in [0.4, 0.5) is 13.2 Å². The van der Waals surface area contributed by atoms with Crippen molar-refractivity contribution in [1.82, 2.24) is 7.06 Å². The van der Waals surface area contributed by atoms with E-state index in [0.29, 0.717) is 19.3 Å². The van der Waals surface area contributed by atoms with Gasteiger partial charge in [0.05, 0.1) is 0 Å². The zero-order valence-corrected chi connectivity index (χ0v) is 15.7. The van der Waals surface area contributed by atoms with E-state index < -0.39 is 43.5 Å². The number of hydrogen-bond donors (Lipinski definition) is 3. The first-order valence-electron chi connectivity index (χ1n) is 8.23. The summed E-state index contributed by atoms with van der Waals surface area (Å²) in [5, 5.41) is 9.94. The molecule has 0 aromatic heterocycles. The van der Waals surface area contributed by atoms with Crippen LogP contribution in [-0.4, -0.2) is 33.1 Å². The number of hydrogen-bond acceptors (Lipinski definition) is 5. The molecular weight excluding hydrogens is 440 g/mol. The van der Waals surface area contributed by atoms with E-state index in [4.69, 9.17) is 4.74 Å². The van der Waals surface area contributed by atoms with Gasteiger partial charge in [0.1, 0.15) is 0 Å². The van der Waals surface area contributed by atoms with Gasteiger partial charge in [0.25, 0.3) is 0 Å². The number of carbonyl (C=O) groups is 1. The molecular formula is C15H22F3IN2O3. The Labute approximate surface area is 146 Å². The third-order valence-corrected chi connectivity index (χ3v) is 11.5. The molecule has 0 radical (unpaired) electrons. The van der Waals surface area contributed by atoms with Crippen LogP contribution in [0.5, 0.6) is 0 Å². The Hall–Kier alpha value is -0.130. The normalized spacial score (nSPS) is 40.4. The second kappa shape index (κ2) is 4.98. The summed E-state index contributed by atoms with van der Waals surface area (Å²) >= 11 is -1.23. The summed E-state index contributed by atoms with van der Waals surface area (Å²) in [5.41, 5.74) is -3.11. The zero-order chi connectivity index (χ0) is 17.5. The molecule has 3 N–H and O–H groups in total. The van der Waals surface area contributed by atoms with Crippen LogP contribution in [0.3, 0.4) is 0 Å². The van der Waals surface area contributed by atoms with Gasteiger partial charge in [-0.1, -0.05) is 0 Å². The Bertz CT molecular complexity index is 579. The predicted octanol–water partition coefficient (Wildman–Crippen LogP) is 2.48. The van der Waals surface area contributed by atoms with Crippen molar-refractivity contribution in [3.8, 4) is 0 Å². The molecule has 4 aliphatic rings. The third kappa shape index (κ3) is 2.26. The Morgan fingerprint density at radius 3 is 2.42 bits per heavy atom. The van der Waals surface area contributed by atoms with E-state index in [1.807, 2.05) is 13.8 Å². The van der Waals surface area contributed by atoms with Crippen molar-refractivity contribution in [2.45, 2.75) is 55.0 Å². The number of aliphatic hydroxyl groups is 1. The van der Waals surface area contributed by atoms with E-state index in [1.54, 1.807) is 0 Å². The van der Waals surface area contributed by atoms with Crippen molar-refractivity contribution in [2.75, 3.05) is 6.61 Å². The first-order chi connectivity index (χ1) is 11.0. The number of alkyl halides is 4. The maximum atomic E-state index is 13.0. The van der Waals surface area contributed by atoms with E-state index in [-0.39, 0.29) is 34.5 Å². The molecule has 138 valence electrons. The predicted molar refractivity (Wildman–Crippen MR) is 87.7 cm³/mol. The van der Waals surface area contributed by atoms with Crippen LogP contribution in [-0.2, 0) is 9.53 Å². The van der Waals surface area contributed by atoms with E-state index >= 15 is 0 Å². The molecule has 0 amide bonds. The van der Waals surface area contributed by atoms with Gasteiger partial charge < -0.3 is 0 Å². The minimum absolute atomic E-state index is 0.105. The number of fused-ring (bicyclic) bond motifs is 3. The summed E-state index contributed by atoms with van der Waals surface area (Å²) < 4.78 is 50.9. The van der Waals surface area contributed by atoms with Crippen molar-refractivity contribution < 1.29 is 27.8 Å². The molecule has 4 atom stereocenters. The molecule has 24 heavy (non-hydrogen) atoms. The van der Waals surface area contributed by atoms with Crippen molar-refractivity contribution in [3.05, 3.63) is 0 Å². The van der Waals surface area contributed by atoms with Gasteiger partial charge in [0, 0.05) is 0 Å². The summed E-state index contributed by atoms with van der Waals surface area (Å²) in [5.74, 6) is -0.986. The summed E-state index contributed by atoms with van der Waals surface area (Å²) in [4.78, 5) is 12.3. The van der Waals surface area contributed by atoms with Gasteiger partial charge in [-0.3, -0.25) is 0 Å². The molecule has 2 heterocycles. The molecule has 9 heteroatoms. The average Bonchev–Trinajstić information content (AvgIpc) is 3.25. The fourth-order valence-corrected chi connectivity index (χ4v) is 10.0. The molecule has 2 aliphatic heterocycles. The SMILES string of the molecule is CC(C)(C(=O)OCCC1CC2CC1CC2(O)C(F)(F)F)C12NI1N2. The van der Waals surface area contributed by atoms with Crippen molar-refractivity contribution in [1.29, 1.82) is 0 Å². The summed E-state index contributed by atoms with van der Waals surface area (Å²) in [6, 6.07) is 0. The molecule has 4 unspecified atom stereocenters. The molecule has 4 rings (SSSR count). The van der Waals surface area contributed by atoms with Crippen LogP contribution in [0.1, 0.15) is 39.5 Å². The van der Waals surface area contributed by atoms with E-state index in [2.05, 4.69) is 7.06 Å². The number of nitrogens with one attached hydrogen (secondary N) is 2. The van der Waals surface area contributed by atoms with E-state index in [0.717, 1.165) is 0 Å². The third-order valence-electron chi connectivity index (χ3n) is 6.34. The van der Waals surface area contributed by atoms with Crippen LogP contribution in [0.25, 0.3) is 0 Å². The van der Waals surface area contributed by atoms with Gasteiger partial charge >= 0.3 is 146 Å². The second-order valence-electron chi connectivity index (χ2n) is 8.00. The fourth-order valence-electron chi connectivity index (χ4n) is 4.44. The molecule has 0 spiro atoms. The Kier molecular flexibility index (Phi) is 3.59. The topological polar surface area (TPSA) is 90.4 Å². The van der Waals surface area contributed by atoms with Crippen LogP contribution in [0.2, 0.25) is 0 Å². The summed E-state index contributed by atoms with van der Waals surface area (Å²) in [7, 11) is 0. The van der Waals surface area contributed by atoms with Crippen LogP contribution >= 0.6 is 20.4 Å². The summed E-state index contributed by atoms with van der Waals surface area (Å²) in [6.07, 6.45) is -3.40. The molecule has 2 saturated carbocycles. The van der Waals surface area contributed by atoms with Crippen molar-refractivity contribution >= 4 is 26.3 Å². The van der Waals surface area contributed by atoms with Crippen LogP contribution in [0, 0.1) is 23.2 Å². The molecule has 5 nitrogen and oxygen atoms in total. The number of halogens is 4. The second-order valence-corrected chi connectivity index (χ2v) is 12.3. The van der Waals surface area contributed by atoms with Gasteiger partial charge in [-0.2, -0.15) is 0 Å². The van der Waals surface area contributed by atoms with Gasteiger partial charge in [0.2, 0.25) is 0 Å². The van der Waals surface area contributed by atoms with Crippen LogP contribution < -0.4 is 7.06 Å². The van der Waals surface area contributed by atoms with Crippen molar-refractivity contribution in [2.24, 2.45) is 23.2 Å². The number of carbonyl (C=O) groups excluding carboxylic acids is 1. The van der Waals surface area contributed by atoms with Gasteiger partial charge in [-0.15, -0.1) is 0 Å². The average molecular weight is 462 g/mol. The molecule has 2 saturated heterocycles. The fraction of sp³-hybridized carbons (Fsp3) is 0.933. The van der Waals surface area contributed by atoms with Gasteiger partial charge in [0.15, 0.2) is 0 Å². The number of esters is 1. The Morgan fingerprint density at radius 2 is 1.96 bits per heavy atom. The maximum absolute atomic E-state index is 13.0. The molecule has 0 aromatic rings. The Balaban J connectivity index is 1.27. The quantitative estimate of drug-likeness (QED) is 0.146. The minimum atomic E-state index is -4.55. The standard InChI is InChI=1S/C15H22F3IN2O3/c1-12(2,15-19(20-15)21-15)11(22)24-4-3-8-5-10-6-9(8)7-13(10,23)14(16,17)18/h8-10,20-21,23H,3-7H2,1-2H3. The van der Waals surface area contributed by atoms with Crippen LogP contribution in [0.15, 0.2) is 0 Å². The zero-order valence-electron chi connectivity index (χ0n) is 13.5. The first kappa shape index (κ1) is 17.3. The molecule has 0 aromatic carbocycles. The molecule has 2 bridgehead atoms. The number of ether oxygens (including phenoxy) is 1. The monoisotopic (exact) mass is 462 g/mol.